The molecule has 0 aromatic heterocycles. The lowest BCUT2D eigenvalue weighted by Crippen LogP contribution is -2.23. The van der Waals surface area contributed by atoms with E-state index in [2.05, 4.69) is 24.3 Å². The molecule has 0 saturated heterocycles. The summed E-state index contributed by atoms with van der Waals surface area (Å²) in [5.74, 6) is 0.627. The molecule has 174 valence electrons. The van der Waals surface area contributed by atoms with Gasteiger partial charge in [-0.25, -0.2) is 0 Å². The van der Waals surface area contributed by atoms with E-state index in [9.17, 15) is 15.0 Å². The van der Waals surface area contributed by atoms with E-state index in [4.69, 9.17) is 4.74 Å². The number of ether oxygens (including phenoxy) is 1. The van der Waals surface area contributed by atoms with Crippen LogP contribution < -0.4 is 0 Å². The van der Waals surface area contributed by atoms with E-state index in [1.165, 1.54) is 5.56 Å². The van der Waals surface area contributed by atoms with Crippen LogP contribution in [0.4, 0.5) is 0 Å². The van der Waals surface area contributed by atoms with Gasteiger partial charge in [-0.05, 0) is 96.0 Å². The predicted molar refractivity (Wildman–Crippen MR) is 126 cm³/mol. The van der Waals surface area contributed by atoms with Crippen molar-refractivity contribution >= 4 is 5.97 Å². The Morgan fingerprint density at radius 2 is 1.90 bits per heavy atom. The minimum absolute atomic E-state index is 0.134. The Morgan fingerprint density at radius 3 is 2.61 bits per heavy atom. The van der Waals surface area contributed by atoms with Gasteiger partial charge in [0.25, 0.3) is 0 Å². The van der Waals surface area contributed by atoms with E-state index in [0.717, 1.165) is 57.8 Å². The summed E-state index contributed by atoms with van der Waals surface area (Å²) in [6.07, 6.45) is 12.1. The summed E-state index contributed by atoms with van der Waals surface area (Å²) in [5, 5.41) is 20.8. The van der Waals surface area contributed by atoms with Crippen LogP contribution in [0.2, 0.25) is 0 Å². The van der Waals surface area contributed by atoms with Crippen molar-refractivity contribution in [2.45, 2.75) is 103 Å². The average Bonchev–Trinajstić information content (AvgIpc) is 3.06. The molecule has 2 rings (SSSR count). The van der Waals surface area contributed by atoms with Crippen LogP contribution in [0.3, 0.4) is 0 Å². The Balaban J connectivity index is 1.64. The molecule has 0 radical (unpaired) electrons. The van der Waals surface area contributed by atoms with Crippen LogP contribution in [0.15, 0.2) is 42.5 Å². The molecule has 1 saturated carbocycles. The van der Waals surface area contributed by atoms with Gasteiger partial charge >= 0.3 is 5.97 Å². The molecule has 0 heterocycles. The van der Waals surface area contributed by atoms with Gasteiger partial charge in [0, 0.05) is 6.42 Å². The largest absolute Gasteiger partial charge is 0.460 e. The number of allylic oxidation sites excluding steroid dienone is 2. The highest BCUT2D eigenvalue weighted by atomic mass is 16.6. The minimum Gasteiger partial charge on any atom is -0.460 e. The van der Waals surface area contributed by atoms with Gasteiger partial charge in [-0.15, -0.1) is 0 Å². The summed E-state index contributed by atoms with van der Waals surface area (Å²) in [7, 11) is 0. The van der Waals surface area contributed by atoms with Crippen LogP contribution in [0.5, 0.6) is 0 Å². The third-order valence-electron chi connectivity index (χ3n) is 6.15. The van der Waals surface area contributed by atoms with E-state index in [-0.39, 0.29) is 24.1 Å². The number of esters is 1. The normalized spacial score (nSPS) is 22.7. The number of benzene rings is 1. The maximum atomic E-state index is 11.7. The third-order valence-corrected chi connectivity index (χ3v) is 6.15. The number of hydrogen-bond acceptors (Lipinski definition) is 4. The molecular weight excluding hydrogens is 388 g/mol. The van der Waals surface area contributed by atoms with Crippen molar-refractivity contribution in [1.82, 2.24) is 0 Å². The number of aliphatic hydroxyl groups excluding tert-OH is 2. The summed E-state index contributed by atoms with van der Waals surface area (Å²) in [6, 6.07) is 10.3. The first-order valence-corrected chi connectivity index (χ1v) is 12.0. The van der Waals surface area contributed by atoms with Crippen molar-refractivity contribution in [3.8, 4) is 0 Å². The summed E-state index contributed by atoms with van der Waals surface area (Å²) < 4.78 is 5.33. The van der Waals surface area contributed by atoms with Crippen molar-refractivity contribution in [1.29, 1.82) is 0 Å². The highest BCUT2D eigenvalue weighted by molar-refractivity contribution is 5.69. The highest BCUT2D eigenvalue weighted by Gasteiger charge is 2.33. The molecule has 0 bridgehead atoms. The van der Waals surface area contributed by atoms with Crippen molar-refractivity contribution in [3.63, 3.8) is 0 Å². The van der Waals surface area contributed by atoms with Gasteiger partial charge in [0.2, 0.25) is 0 Å². The quantitative estimate of drug-likeness (QED) is 0.257. The van der Waals surface area contributed by atoms with Gasteiger partial charge < -0.3 is 14.9 Å². The zero-order valence-electron chi connectivity index (χ0n) is 19.6. The van der Waals surface area contributed by atoms with Gasteiger partial charge in [0.05, 0.1) is 12.2 Å². The summed E-state index contributed by atoms with van der Waals surface area (Å²) in [5.41, 5.74) is 0.845. The van der Waals surface area contributed by atoms with Crippen LogP contribution in [0, 0.1) is 11.8 Å². The van der Waals surface area contributed by atoms with E-state index in [1.54, 1.807) is 0 Å². The summed E-state index contributed by atoms with van der Waals surface area (Å²) >= 11 is 0. The standard InChI is InChI=1S/C27H42O4/c1-27(2,3)31-26(30)14-10-5-4-9-13-22-16-20-25(29)24(22)19-18-23(28)17-15-21-11-7-6-8-12-21/h4,6-9,11-12,22-25,28-29H,5,10,13-20H2,1-3H3/b9-4-/t22-,23-,24?,25+/m0/s1. The van der Waals surface area contributed by atoms with Gasteiger partial charge in [0.15, 0.2) is 0 Å². The lowest BCUT2D eigenvalue weighted by Gasteiger charge is -2.22. The molecule has 1 aromatic rings. The molecule has 4 atom stereocenters. The number of carbonyl (C=O) groups is 1. The molecule has 1 aromatic carbocycles. The summed E-state index contributed by atoms with van der Waals surface area (Å²) in [4.78, 5) is 11.7. The molecule has 1 unspecified atom stereocenters. The number of aliphatic hydroxyl groups is 2. The smallest absolute Gasteiger partial charge is 0.306 e. The minimum atomic E-state index is -0.416. The van der Waals surface area contributed by atoms with Gasteiger partial charge in [-0.3, -0.25) is 4.79 Å². The Hall–Kier alpha value is -1.65. The molecule has 0 aliphatic heterocycles. The fourth-order valence-corrected chi connectivity index (χ4v) is 4.50. The van der Waals surface area contributed by atoms with Gasteiger partial charge in [0.1, 0.15) is 5.60 Å². The maximum absolute atomic E-state index is 11.7. The van der Waals surface area contributed by atoms with Crippen molar-refractivity contribution in [3.05, 3.63) is 48.0 Å². The number of aryl methyl sites for hydroxylation is 1. The second-order valence-electron chi connectivity index (χ2n) is 10.0. The molecule has 31 heavy (non-hydrogen) atoms. The molecule has 1 aliphatic carbocycles. The van der Waals surface area contributed by atoms with E-state index < -0.39 is 5.60 Å². The monoisotopic (exact) mass is 430 g/mol. The van der Waals surface area contributed by atoms with E-state index >= 15 is 0 Å². The van der Waals surface area contributed by atoms with E-state index in [1.807, 2.05) is 39.0 Å². The van der Waals surface area contributed by atoms with Gasteiger partial charge in [-0.1, -0.05) is 42.5 Å². The van der Waals surface area contributed by atoms with Crippen LogP contribution in [0.1, 0.15) is 84.1 Å². The number of hydrogen-bond donors (Lipinski definition) is 2. The second kappa shape index (κ2) is 13.0. The van der Waals surface area contributed by atoms with Crippen LogP contribution >= 0.6 is 0 Å². The molecule has 2 N–H and O–H groups in total. The van der Waals surface area contributed by atoms with Crippen molar-refractivity contribution < 1.29 is 19.7 Å². The fraction of sp³-hybridized carbons (Fsp3) is 0.667. The Kier molecular flexibility index (Phi) is 10.8. The SMILES string of the molecule is CC(C)(C)OC(=O)CCC/C=C\C[C@H]1CC[C@@H](O)C1CC[C@@H](O)CCc1ccccc1. The zero-order valence-corrected chi connectivity index (χ0v) is 19.6. The molecule has 0 spiro atoms. The Bertz CT molecular complexity index is 662. The lowest BCUT2D eigenvalue weighted by atomic mass is 9.86. The fourth-order valence-electron chi connectivity index (χ4n) is 4.50. The third kappa shape index (κ3) is 10.5. The first kappa shape index (κ1) is 25.6. The van der Waals surface area contributed by atoms with Crippen LogP contribution in [-0.2, 0) is 16.0 Å². The molecule has 1 aliphatic rings. The molecular formula is C27H42O4. The zero-order chi connectivity index (χ0) is 22.7. The number of unbranched alkanes of at least 4 members (excludes halogenated alkanes) is 1. The highest BCUT2D eigenvalue weighted by Crippen LogP contribution is 2.38. The van der Waals surface area contributed by atoms with Crippen LogP contribution in [0.25, 0.3) is 0 Å². The number of carbonyl (C=O) groups excluding carboxylic acids is 1. The predicted octanol–water partition coefficient (Wildman–Crippen LogP) is 5.61. The second-order valence-corrected chi connectivity index (χ2v) is 10.0. The van der Waals surface area contributed by atoms with Crippen molar-refractivity contribution in [2.24, 2.45) is 11.8 Å². The topological polar surface area (TPSA) is 66.8 Å². The number of rotatable bonds is 12. The Morgan fingerprint density at radius 1 is 1.16 bits per heavy atom. The Labute approximate surface area is 188 Å². The lowest BCUT2D eigenvalue weighted by molar-refractivity contribution is -0.154. The van der Waals surface area contributed by atoms with Gasteiger partial charge in [-0.2, -0.15) is 0 Å². The molecule has 0 amide bonds. The summed E-state index contributed by atoms with van der Waals surface area (Å²) in [6.45, 7) is 5.67. The van der Waals surface area contributed by atoms with Crippen molar-refractivity contribution in [2.75, 3.05) is 0 Å². The first-order chi connectivity index (χ1) is 14.7. The maximum Gasteiger partial charge on any atom is 0.306 e. The molecule has 4 heteroatoms. The van der Waals surface area contributed by atoms with E-state index in [0.29, 0.717) is 12.3 Å². The molecule has 1 fully saturated rings. The molecule has 4 nitrogen and oxygen atoms in total. The first-order valence-electron chi connectivity index (χ1n) is 12.0. The average molecular weight is 431 g/mol. The van der Waals surface area contributed by atoms with Crippen LogP contribution in [-0.4, -0.2) is 34.0 Å².